The van der Waals surface area contributed by atoms with E-state index in [1.54, 1.807) is 12.1 Å². The largest absolute Gasteiger partial charge is 0.477 e. The van der Waals surface area contributed by atoms with Crippen LogP contribution in [0.2, 0.25) is 0 Å². The summed E-state index contributed by atoms with van der Waals surface area (Å²) in [7, 11) is 0. The molecule has 1 aromatic carbocycles. The minimum absolute atomic E-state index is 0.160. The van der Waals surface area contributed by atoms with Crippen LogP contribution in [0.3, 0.4) is 0 Å². The third kappa shape index (κ3) is 3.04. The Balaban J connectivity index is 2.44. The first-order valence-corrected chi connectivity index (χ1v) is 7.74. The summed E-state index contributed by atoms with van der Waals surface area (Å²) in [6, 6.07) is 7.16. The molecule has 4 nitrogen and oxygen atoms in total. The molecule has 0 saturated heterocycles. The molecule has 0 amide bonds. The summed E-state index contributed by atoms with van der Waals surface area (Å²) >= 11 is 1.86. The van der Waals surface area contributed by atoms with Gasteiger partial charge in [-0.25, -0.2) is 4.79 Å². The van der Waals surface area contributed by atoms with Crippen LogP contribution in [-0.2, 0) is 6.54 Å². The molecule has 0 unspecified atom stereocenters. The second-order valence-corrected chi connectivity index (χ2v) is 5.83. The highest BCUT2D eigenvalue weighted by Crippen LogP contribution is 2.13. The maximum absolute atomic E-state index is 12.1. The molecule has 0 atom stereocenters. The molecule has 1 N–H and O–H groups in total. The molecule has 0 aliphatic heterocycles. The van der Waals surface area contributed by atoms with E-state index < -0.39 is 11.4 Å². The van der Waals surface area contributed by atoms with Crippen molar-refractivity contribution >= 4 is 28.6 Å². The van der Waals surface area contributed by atoms with E-state index in [0.717, 1.165) is 23.4 Å². The smallest absolute Gasteiger partial charge is 0.341 e. The van der Waals surface area contributed by atoms with E-state index in [1.165, 1.54) is 6.20 Å². The summed E-state index contributed by atoms with van der Waals surface area (Å²) in [5, 5.41) is 9.61. The van der Waals surface area contributed by atoms with Gasteiger partial charge in [-0.3, -0.25) is 4.79 Å². The first-order valence-electron chi connectivity index (χ1n) is 6.58. The SMILES string of the molecule is CCSCCCn1cc(C(=O)O)c(=O)c2ccccc21. The second kappa shape index (κ2) is 6.61. The zero-order valence-electron chi connectivity index (χ0n) is 11.3. The number of aromatic nitrogens is 1. The number of fused-ring (bicyclic) bond motifs is 1. The maximum atomic E-state index is 12.1. The quantitative estimate of drug-likeness (QED) is 0.831. The minimum atomic E-state index is -1.17. The van der Waals surface area contributed by atoms with Gasteiger partial charge in [0.1, 0.15) is 5.56 Å². The Morgan fingerprint density at radius 3 is 2.80 bits per heavy atom. The van der Waals surface area contributed by atoms with Gasteiger partial charge in [0.15, 0.2) is 0 Å². The summed E-state index contributed by atoms with van der Waals surface area (Å²) in [5.74, 6) is 0.933. The van der Waals surface area contributed by atoms with Crippen molar-refractivity contribution in [2.45, 2.75) is 19.9 Å². The molecule has 1 heterocycles. The van der Waals surface area contributed by atoms with Crippen LogP contribution in [0, 0.1) is 0 Å². The van der Waals surface area contributed by atoms with Crippen molar-refractivity contribution in [3.05, 3.63) is 46.2 Å². The topological polar surface area (TPSA) is 59.3 Å². The van der Waals surface area contributed by atoms with Crippen molar-refractivity contribution in [3.63, 3.8) is 0 Å². The number of pyridine rings is 1. The number of thioether (sulfide) groups is 1. The van der Waals surface area contributed by atoms with Crippen LogP contribution in [0.5, 0.6) is 0 Å². The number of carboxylic acids is 1. The Morgan fingerprint density at radius 2 is 2.10 bits per heavy atom. The van der Waals surface area contributed by atoms with E-state index in [9.17, 15) is 9.59 Å². The van der Waals surface area contributed by atoms with E-state index >= 15 is 0 Å². The van der Waals surface area contributed by atoms with Crippen LogP contribution in [0.1, 0.15) is 23.7 Å². The summed E-state index contributed by atoms with van der Waals surface area (Å²) in [6.45, 7) is 2.83. The van der Waals surface area contributed by atoms with E-state index in [4.69, 9.17) is 5.11 Å². The standard InChI is InChI=1S/C15H17NO3S/c1-2-20-9-5-8-16-10-12(15(18)19)14(17)11-6-3-4-7-13(11)16/h3-4,6-7,10H,2,5,8-9H2,1H3,(H,18,19). The van der Waals surface area contributed by atoms with Crippen LogP contribution in [0.15, 0.2) is 35.3 Å². The highest BCUT2D eigenvalue weighted by Gasteiger charge is 2.13. The molecule has 2 aromatic rings. The number of hydrogen-bond acceptors (Lipinski definition) is 3. The highest BCUT2D eigenvalue weighted by molar-refractivity contribution is 7.99. The fourth-order valence-corrected chi connectivity index (χ4v) is 2.79. The molecule has 20 heavy (non-hydrogen) atoms. The molecule has 0 spiro atoms. The zero-order chi connectivity index (χ0) is 14.5. The Bertz CT molecular complexity index is 678. The van der Waals surface area contributed by atoms with E-state index in [-0.39, 0.29) is 5.56 Å². The number of aromatic carboxylic acids is 1. The van der Waals surface area contributed by atoms with Crippen LogP contribution < -0.4 is 5.43 Å². The lowest BCUT2D eigenvalue weighted by Crippen LogP contribution is -2.19. The average molecular weight is 291 g/mol. The number of carbonyl (C=O) groups is 1. The fraction of sp³-hybridized carbons (Fsp3) is 0.333. The summed E-state index contributed by atoms with van der Waals surface area (Å²) in [4.78, 5) is 23.3. The molecule has 106 valence electrons. The Kier molecular flexibility index (Phi) is 4.84. The Labute approximate surface area is 121 Å². The molecule has 5 heteroatoms. The van der Waals surface area contributed by atoms with Gasteiger partial charge in [0.05, 0.1) is 5.52 Å². The number of aryl methyl sites for hydroxylation is 1. The van der Waals surface area contributed by atoms with E-state index in [2.05, 4.69) is 6.92 Å². The molecule has 0 aliphatic rings. The molecule has 1 aromatic heterocycles. The lowest BCUT2D eigenvalue weighted by atomic mass is 10.1. The normalized spacial score (nSPS) is 10.8. The van der Waals surface area contributed by atoms with Gasteiger partial charge in [0.2, 0.25) is 5.43 Å². The van der Waals surface area contributed by atoms with Crippen LogP contribution in [0.25, 0.3) is 10.9 Å². The van der Waals surface area contributed by atoms with Crippen LogP contribution >= 0.6 is 11.8 Å². The third-order valence-corrected chi connectivity index (χ3v) is 4.10. The number of para-hydroxylation sites is 1. The monoisotopic (exact) mass is 291 g/mol. The predicted molar refractivity (Wildman–Crippen MR) is 82.8 cm³/mol. The molecule has 0 bridgehead atoms. The number of benzene rings is 1. The molecule has 0 fully saturated rings. The van der Waals surface area contributed by atoms with Gasteiger partial charge in [0.25, 0.3) is 0 Å². The second-order valence-electron chi connectivity index (χ2n) is 4.44. The van der Waals surface area contributed by atoms with Crippen LogP contribution in [-0.4, -0.2) is 27.1 Å². The lowest BCUT2D eigenvalue weighted by Gasteiger charge is -2.12. The van der Waals surface area contributed by atoms with Crippen molar-refractivity contribution in [3.8, 4) is 0 Å². The van der Waals surface area contributed by atoms with Crippen molar-refractivity contribution in [2.75, 3.05) is 11.5 Å². The first-order chi connectivity index (χ1) is 9.65. The van der Waals surface area contributed by atoms with Crippen molar-refractivity contribution in [1.82, 2.24) is 4.57 Å². The summed E-state index contributed by atoms with van der Waals surface area (Å²) in [5.41, 5.74) is 0.225. The van der Waals surface area contributed by atoms with Crippen LogP contribution in [0.4, 0.5) is 0 Å². The molecular formula is C15H17NO3S. The van der Waals surface area contributed by atoms with Gasteiger partial charge in [-0.2, -0.15) is 11.8 Å². The number of rotatable bonds is 6. The zero-order valence-corrected chi connectivity index (χ0v) is 12.2. The van der Waals surface area contributed by atoms with Crippen molar-refractivity contribution in [2.24, 2.45) is 0 Å². The van der Waals surface area contributed by atoms with E-state index in [0.29, 0.717) is 11.9 Å². The maximum Gasteiger partial charge on any atom is 0.341 e. The molecule has 0 aliphatic carbocycles. The average Bonchev–Trinajstić information content (AvgIpc) is 2.45. The molecule has 0 radical (unpaired) electrons. The van der Waals surface area contributed by atoms with Crippen molar-refractivity contribution in [1.29, 1.82) is 0 Å². The summed E-state index contributed by atoms with van der Waals surface area (Å²) < 4.78 is 1.87. The fourth-order valence-electron chi connectivity index (χ4n) is 2.16. The first kappa shape index (κ1) is 14.7. The highest BCUT2D eigenvalue weighted by atomic mass is 32.2. The summed E-state index contributed by atoms with van der Waals surface area (Å²) in [6.07, 6.45) is 2.41. The number of carboxylic acid groups (broad SMARTS) is 1. The van der Waals surface area contributed by atoms with Gasteiger partial charge in [-0.05, 0) is 30.1 Å². The van der Waals surface area contributed by atoms with Gasteiger partial charge < -0.3 is 9.67 Å². The van der Waals surface area contributed by atoms with Gasteiger partial charge in [0, 0.05) is 18.1 Å². The van der Waals surface area contributed by atoms with Crippen molar-refractivity contribution < 1.29 is 9.90 Å². The Hall–Kier alpha value is -1.75. The van der Waals surface area contributed by atoms with Gasteiger partial charge in [-0.1, -0.05) is 19.1 Å². The van der Waals surface area contributed by atoms with Gasteiger partial charge >= 0.3 is 5.97 Å². The predicted octanol–water partition coefficient (Wildman–Crippen LogP) is 2.84. The minimum Gasteiger partial charge on any atom is -0.477 e. The lowest BCUT2D eigenvalue weighted by molar-refractivity contribution is 0.0695. The van der Waals surface area contributed by atoms with E-state index in [1.807, 2.05) is 28.5 Å². The Morgan fingerprint density at radius 1 is 1.35 bits per heavy atom. The molecular weight excluding hydrogens is 274 g/mol. The molecule has 0 saturated carbocycles. The third-order valence-electron chi connectivity index (χ3n) is 3.11. The van der Waals surface area contributed by atoms with Gasteiger partial charge in [-0.15, -0.1) is 0 Å². The molecule has 2 rings (SSSR count). The number of hydrogen-bond donors (Lipinski definition) is 1. The number of nitrogens with zero attached hydrogens (tertiary/aromatic N) is 1.